The van der Waals surface area contributed by atoms with Crippen molar-refractivity contribution in [2.24, 2.45) is 0 Å². The molecule has 2 N–H and O–H groups in total. The SMILES string of the molecule is O=C(NCc1ccccc1)/C(=C/c1cn(-c2ccccc2)nc1-c1ccc(F)cc1)NC(=O)c1ccc(Br)cc1. The Kier molecular flexibility index (Phi) is 8.27. The third kappa shape index (κ3) is 6.59. The Balaban J connectivity index is 1.55. The van der Waals surface area contributed by atoms with E-state index < -0.39 is 11.8 Å². The molecule has 0 unspecified atom stereocenters. The van der Waals surface area contributed by atoms with Gasteiger partial charge < -0.3 is 10.6 Å². The highest BCUT2D eigenvalue weighted by Crippen LogP contribution is 2.26. The fourth-order valence-corrected chi connectivity index (χ4v) is 4.29. The summed E-state index contributed by atoms with van der Waals surface area (Å²) in [6.07, 6.45) is 3.35. The van der Waals surface area contributed by atoms with Crippen LogP contribution in [0.5, 0.6) is 0 Å². The summed E-state index contributed by atoms with van der Waals surface area (Å²) in [4.78, 5) is 26.6. The van der Waals surface area contributed by atoms with Gasteiger partial charge in [0, 0.05) is 33.9 Å². The molecule has 0 atom stereocenters. The molecule has 8 heteroatoms. The van der Waals surface area contributed by atoms with Crippen LogP contribution in [0.25, 0.3) is 23.0 Å². The normalized spacial score (nSPS) is 11.2. The summed E-state index contributed by atoms with van der Waals surface area (Å²) in [7, 11) is 0. The first-order chi connectivity index (χ1) is 19.5. The van der Waals surface area contributed by atoms with E-state index in [-0.39, 0.29) is 18.1 Å². The summed E-state index contributed by atoms with van der Waals surface area (Å²) in [5.41, 5.74) is 3.90. The maximum atomic E-state index is 13.7. The second-order valence-corrected chi connectivity index (χ2v) is 9.82. The molecule has 0 saturated heterocycles. The third-order valence-electron chi connectivity index (χ3n) is 6.08. The molecule has 4 aromatic carbocycles. The Morgan fingerprint density at radius 1 is 0.850 bits per heavy atom. The summed E-state index contributed by atoms with van der Waals surface area (Å²) in [6.45, 7) is 0.277. The molecular formula is C32H24BrFN4O2. The molecule has 0 aliphatic carbocycles. The number of carbonyl (C=O) groups excluding carboxylic acids is 2. The maximum Gasteiger partial charge on any atom is 0.268 e. The number of nitrogens with one attached hydrogen (secondary N) is 2. The van der Waals surface area contributed by atoms with Gasteiger partial charge in [-0.05, 0) is 72.3 Å². The number of carbonyl (C=O) groups is 2. The van der Waals surface area contributed by atoms with Crippen molar-refractivity contribution in [3.8, 4) is 16.9 Å². The first-order valence-corrected chi connectivity index (χ1v) is 13.3. The first kappa shape index (κ1) is 26.8. The van der Waals surface area contributed by atoms with Crippen LogP contribution in [0, 0.1) is 5.82 Å². The maximum absolute atomic E-state index is 13.7. The summed E-state index contributed by atoms with van der Waals surface area (Å²) < 4.78 is 16.2. The number of hydrogen-bond donors (Lipinski definition) is 2. The van der Waals surface area contributed by atoms with Crippen molar-refractivity contribution in [2.45, 2.75) is 6.54 Å². The molecule has 0 saturated carbocycles. The second-order valence-electron chi connectivity index (χ2n) is 8.91. The van der Waals surface area contributed by atoms with Gasteiger partial charge in [0.05, 0.1) is 5.69 Å². The molecule has 198 valence electrons. The Morgan fingerprint density at radius 3 is 2.17 bits per heavy atom. The molecule has 1 heterocycles. The number of aromatic nitrogens is 2. The largest absolute Gasteiger partial charge is 0.347 e. The standard InChI is InChI=1S/C32H24BrFN4O2/c33-26-15-11-24(12-16-26)31(39)36-29(32(40)35-20-22-7-3-1-4-8-22)19-25-21-38(28-9-5-2-6-10-28)37-30(25)23-13-17-27(34)18-14-23/h1-19,21H,20H2,(H,35,40)(H,36,39)/b29-19-. The van der Waals surface area contributed by atoms with Gasteiger partial charge in [0.1, 0.15) is 17.2 Å². The average Bonchev–Trinajstić information content (AvgIpc) is 3.41. The molecule has 1 aromatic heterocycles. The van der Waals surface area contributed by atoms with Crippen LogP contribution >= 0.6 is 15.9 Å². The van der Waals surface area contributed by atoms with Crippen molar-refractivity contribution in [2.75, 3.05) is 0 Å². The van der Waals surface area contributed by atoms with Crippen LogP contribution < -0.4 is 10.6 Å². The number of hydrogen-bond acceptors (Lipinski definition) is 3. The Hall–Kier alpha value is -4.82. The predicted molar refractivity (Wildman–Crippen MR) is 157 cm³/mol. The zero-order chi connectivity index (χ0) is 27.9. The molecule has 0 aliphatic rings. The zero-order valence-electron chi connectivity index (χ0n) is 21.2. The van der Waals surface area contributed by atoms with E-state index in [2.05, 4.69) is 26.6 Å². The smallest absolute Gasteiger partial charge is 0.268 e. The molecule has 0 spiro atoms. The van der Waals surface area contributed by atoms with E-state index in [4.69, 9.17) is 5.10 Å². The molecule has 40 heavy (non-hydrogen) atoms. The van der Waals surface area contributed by atoms with Crippen molar-refractivity contribution in [3.63, 3.8) is 0 Å². The van der Waals surface area contributed by atoms with E-state index in [1.165, 1.54) is 12.1 Å². The quantitative estimate of drug-likeness (QED) is 0.201. The number of halogens is 2. The van der Waals surface area contributed by atoms with Gasteiger partial charge >= 0.3 is 0 Å². The molecular weight excluding hydrogens is 571 g/mol. The van der Waals surface area contributed by atoms with E-state index >= 15 is 0 Å². The van der Waals surface area contributed by atoms with E-state index in [1.807, 2.05) is 60.7 Å². The molecule has 5 rings (SSSR count). The van der Waals surface area contributed by atoms with Crippen LogP contribution in [-0.2, 0) is 11.3 Å². The van der Waals surface area contributed by atoms with Gasteiger partial charge in [0.15, 0.2) is 0 Å². The van der Waals surface area contributed by atoms with Gasteiger partial charge in [-0.1, -0.05) is 64.5 Å². The van der Waals surface area contributed by atoms with Crippen LogP contribution in [0.3, 0.4) is 0 Å². The lowest BCUT2D eigenvalue weighted by atomic mass is 10.1. The highest BCUT2D eigenvalue weighted by atomic mass is 79.9. The predicted octanol–water partition coefficient (Wildman–Crippen LogP) is 6.53. The number of nitrogens with zero attached hydrogens (tertiary/aromatic N) is 2. The average molecular weight is 595 g/mol. The molecule has 0 aliphatic heterocycles. The van der Waals surface area contributed by atoms with E-state index in [9.17, 15) is 14.0 Å². The zero-order valence-corrected chi connectivity index (χ0v) is 22.8. The fraction of sp³-hybridized carbons (Fsp3) is 0.0312. The highest BCUT2D eigenvalue weighted by molar-refractivity contribution is 9.10. The lowest BCUT2D eigenvalue weighted by Gasteiger charge is -2.12. The van der Waals surface area contributed by atoms with Gasteiger partial charge in [-0.15, -0.1) is 0 Å². The van der Waals surface area contributed by atoms with Crippen molar-refractivity contribution in [3.05, 3.63) is 148 Å². The topological polar surface area (TPSA) is 76.0 Å². The Labute approximate surface area is 239 Å². The van der Waals surface area contributed by atoms with Crippen LogP contribution in [0.1, 0.15) is 21.5 Å². The highest BCUT2D eigenvalue weighted by Gasteiger charge is 2.18. The van der Waals surface area contributed by atoms with Crippen LogP contribution in [0.2, 0.25) is 0 Å². The minimum atomic E-state index is -0.466. The van der Waals surface area contributed by atoms with Crippen LogP contribution in [0.15, 0.2) is 126 Å². The van der Waals surface area contributed by atoms with Crippen molar-refractivity contribution >= 4 is 33.8 Å². The van der Waals surface area contributed by atoms with Crippen molar-refractivity contribution in [1.29, 1.82) is 0 Å². The Morgan fingerprint density at radius 2 is 1.50 bits per heavy atom. The lowest BCUT2D eigenvalue weighted by Crippen LogP contribution is -2.34. The molecule has 0 fully saturated rings. The van der Waals surface area contributed by atoms with E-state index in [0.717, 1.165) is 15.7 Å². The minimum Gasteiger partial charge on any atom is -0.347 e. The number of para-hydroxylation sites is 1. The second kappa shape index (κ2) is 12.4. The molecule has 5 aromatic rings. The first-order valence-electron chi connectivity index (χ1n) is 12.5. The summed E-state index contributed by atoms with van der Waals surface area (Å²) in [5, 5.41) is 10.4. The molecule has 0 radical (unpaired) electrons. The molecule has 2 amide bonds. The van der Waals surface area contributed by atoms with Crippen molar-refractivity contribution in [1.82, 2.24) is 20.4 Å². The minimum absolute atomic E-state index is 0.0415. The van der Waals surface area contributed by atoms with Gasteiger partial charge in [-0.25, -0.2) is 9.07 Å². The Bertz CT molecular complexity index is 1650. The lowest BCUT2D eigenvalue weighted by molar-refractivity contribution is -0.117. The number of benzene rings is 4. The fourth-order valence-electron chi connectivity index (χ4n) is 4.02. The van der Waals surface area contributed by atoms with Crippen LogP contribution in [-0.4, -0.2) is 21.6 Å². The molecule has 6 nitrogen and oxygen atoms in total. The summed E-state index contributed by atoms with van der Waals surface area (Å²) in [5.74, 6) is -1.27. The number of amides is 2. The molecule has 0 bridgehead atoms. The summed E-state index contributed by atoms with van der Waals surface area (Å²) in [6, 6.07) is 31.8. The summed E-state index contributed by atoms with van der Waals surface area (Å²) >= 11 is 3.37. The van der Waals surface area contributed by atoms with Gasteiger partial charge in [-0.2, -0.15) is 5.10 Å². The van der Waals surface area contributed by atoms with Gasteiger partial charge in [0.25, 0.3) is 11.8 Å². The van der Waals surface area contributed by atoms with E-state index in [0.29, 0.717) is 22.4 Å². The van der Waals surface area contributed by atoms with Gasteiger partial charge in [0.2, 0.25) is 0 Å². The third-order valence-corrected chi connectivity index (χ3v) is 6.60. The monoisotopic (exact) mass is 594 g/mol. The van der Waals surface area contributed by atoms with E-state index in [1.54, 1.807) is 53.4 Å². The van der Waals surface area contributed by atoms with Crippen LogP contribution in [0.4, 0.5) is 4.39 Å². The van der Waals surface area contributed by atoms with Crippen molar-refractivity contribution < 1.29 is 14.0 Å². The van der Waals surface area contributed by atoms with Gasteiger partial charge in [-0.3, -0.25) is 9.59 Å². The number of rotatable bonds is 8.